The Labute approximate surface area is 124 Å². The van der Waals surface area contributed by atoms with Crippen LogP contribution in [0.5, 0.6) is 0 Å². The third-order valence-electron chi connectivity index (χ3n) is 2.80. The van der Waals surface area contributed by atoms with Gasteiger partial charge in [0.1, 0.15) is 0 Å². The highest BCUT2D eigenvalue weighted by Gasteiger charge is 2.22. The SMILES string of the molecule is CCCN(C)S(=O)(=O)c1ccc(CNCC)cc1Br. The fourth-order valence-electron chi connectivity index (χ4n) is 1.74. The first-order valence-corrected chi connectivity index (χ1v) is 8.62. The van der Waals surface area contributed by atoms with Crippen molar-refractivity contribution in [2.24, 2.45) is 0 Å². The van der Waals surface area contributed by atoms with E-state index in [-0.39, 0.29) is 0 Å². The second-order valence-electron chi connectivity index (χ2n) is 4.37. The summed E-state index contributed by atoms with van der Waals surface area (Å²) in [7, 11) is -1.79. The van der Waals surface area contributed by atoms with Crippen molar-refractivity contribution in [3.63, 3.8) is 0 Å². The standard InChI is InChI=1S/C13H21BrN2O2S/c1-4-8-16(3)19(17,18)13-7-6-11(9-12(13)14)10-15-5-2/h6-7,9,15H,4-5,8,10H2,1-3H3. The van der Waals surface area contributed by atoms with Gasteiger partial charge in [-0.05, 0) is 46.6 Å². The number of benzene rings is 1. The summed E-state index contributed by atoms with van der Waals surface area (Å²) < 4.78 is 26.7. The number of rotatable bonds is 7. The Balaban J connectivity index is 3.02. The van der Waals surface area contributed by atoms with Crippen LogP contribution >= 0.6 is 15.9 Å². The smallest absolute Gasteiger partial charge is 0.243 e. The predicted molar refractivity (Wildman–Crippen MR) is 81.6 cm³/mol. The third kappa shape index (κ3) is 4.27. The van der Waals surface area contributed by atoms with E-state index >= 15 is 0 Å². The van der Waals surface area contributed by atoms with Crippen LogP contribution in [-0.4, -0.2) is 32.9 Å². The lowest BCUT2D eigenvalue weighted by Gasteiger charge is -2.17. The first kappa shape index (κ1) is 16.6. The molecule has 4 nitrogen and oxygen atoms in total. The zero-order valence-corrected chi connectivity index (χ0v) is 14.0. The molecular formula is C13H21BrN2O2S. The van der Waals surface area contributed by atoms with Crippen molar-refractivity contribution in [2.45, 2.75) is 31.7 Å². The van der Waals surface area contributed by atoms with Crippen LogP contribution in [0, 0.1) is 0 Å². The number of sulfonamides is 1. The van der Waals surface area contributed by atoms with Gasteiger partial charge in [0.05, 0.1) is 4.90 Å². The van der Waals surface area contributed by atoms with E-state index in [4.69, 9.17) is 0 Å². The molecule has 0 amide bonds. The number of hydrogen-bond donors (Lipinski definition) is 1. The summed E-state index contributed by atoms with van der Waals surface area (Å²) in [6.45, 7) is 6.14. The minimum atomic E-state index is -3.40. The maximum absolute atomic E-state index is 12.3. The quantitative estimate of drug-likeness (QED) is 0.823. The van der Waals surface area contributed by atoms with Crippen molar-refractivity contribution >= 4 is 26.0 Å². The van der Waals surface area contributed by atoms with Gasteiger partial charge >= 0.3 is 0 Å². The summed E-state index contributed by atoms with van der Waals surface area (Å²) in [6.07, 6.45) is 0.797. The van der Waals surface area contributed by atoms with E-state index in [9.17, 15) is 8.42 Å². The number of nitrogens with zero attached hydrogens (tertiary/aromatic N) is 1. The van der Waals surface area contributed by atoms with Crippen LogP contribution in [0.15, 0.2) is 27.6 Å². The maximum atomic E-state index is 12.3. The van der Waals surface area contributed by atoms with Gasteiger partial charge in [0.15, 0.2) is 0 Å². The fourth-order valence-corrected chi connectivity index (χ4v) is 4.08. The van der Waals surface area contributed by atoms with Gasteiger partial charge in [0.25, 0.3) is 0 Å². The van der Waals surface area contributed by atoms with Gasteiger partial charge in [-0.3, -0.25) is 0 Å². The second kappa shape index (κ2) is 7.38. The first-order chi connectivity index (χ1) is 8.93. The molecule has 0 spiro atoms. The first-order valence-electron chi connectivity index (χ1n) is 6.39. The Morgan fingerprint density at radius 1 is 1.32 bits per heavy atom. The molecule has 0 aliphatic rings. The van der Waals surface area contributed by atoms with E-state index in [2.05, 4.69) is 21.2 Å². The largest absolute Gasteiger partial charge is 0.313 e. The lowest BCUT2D eigenvalue weighted by atomic mass is 10.2. The van der Waals surface area contributed by atoms with Crippen molar-refractivity contribution in [3.8, 4) is 0 Å². The molecule has 0 heterocycles. The minimum absolute atomic E-state index is 0.323. The van der Waals surface area contributed by atoms with Gasteiger partial charge in [-0.25, -0.2) is 12.7 Å². The Kier molecular flexibility index (Phi) is 6.46. The van der Waals surface area contributed by atoms with Gasteiger partial charge in [-0.1, -0.05) is 19.9 Å². The number of nitrogens with one attached hydrogen (secondary N) is 1. The highest BCUT2D eigenvalue weighted by Crippen LogP contribution is 2.25. The molecule has 108 valence electrons. The lowest BCUT2D eigenvalue weighted by molar-refractivity contribution is 0.468. The van der Waals surface area contributed by atoms with E-state index in [1.165, 1.54) is 4.31 Å². The van der Waals surface area contributed by atoms with Crippen molar-refractivity contribution in [3.05, 3.63) is 28.2 Å². The molecule has 1 aromatic carbocycles. The molecule has 1 aromatic rings. The number of halogens is 1. The molecule has 0 aliphatic heterocycles. The maximum Gasteiger partial charge on any atom is 0.243 e. The van der Waals surface area contributed by atoms with Crippen LogP contribution < -0.4 is 5.32 Å². The summed E-state index contributed by atoms with van der Waals surface area (Å²) in [5.74, 6) is 0. The molecule has 0 unspecified atom stereocenters. The molecule has 0 atom stereocenters. The van der Waals surface area contributed by atoms with E-state index in [0.29, 0.717) is 15.9 Å². The van der Waals surface area contributed by atoms with Crippen LogP contribution in [0.25, 0.3) is 0 Å². The Morgan fingerprint density at radius 2 is 2.00 bits per heavy atom. The topological polar surface area (TPSA) is 49.4 Å². The molecule has 0 radical (unpaired) electrons. The molecular weight excluding hydrogens is 328 g/mol. The molecule has 1 N–H and O–H groups in total. The van der Waals surface area contributed by atoms with Crippen LogP contribution in [0.1, 0.15) is 25.8 Å². The van der Waals surface area contributed by atoms with E-state index in [1.54, 1.807) is 13.1 Å². The van der Waals surface area contributed by atoms with Gasteiger partial charge in [0, 0.05) is 24.6 Å². The monoisotopic (exact) mass is 348 g/mol. The van der Waals surface area contributed by atoms with Gasteiger partial charge in [-0.2, -0.15) is 0 Å². The number of hydrogen-bond acceptors (Lipinski definition) is 3. The minimum Gasteiger partial charge on any atom is -0.313 e. The van der Waals surface area contributed by atoms with Crippen LogP contribution in [0.4, 0.5) is 0 Å². The van der Waals surface area contributed by atoms with Crippen molar-refractivity contribution in [1.29, 1.82) is 0 Å². The normalized spacial score (nSPS) is 12.1. The summed E-state index contributed by atoms with van der Waals surface area (Å²) in [5.41, 5.74) is 1.06. The molecule has 0 saturated heterocycles. The third-order valence-corrected chi connectivity index (χ3v) is 5.64. The van der Waals surface area contributed by atoms with Crippen molar-refractivity contribution in [2.75, 3.05) is 20.1 Å². The molecule has 19 heavy (non-hydrogen) atoms. The van der Waals surface area contributed by atoms with Crippen molar-refractivity contribution < 1.29 is 8.42 Å². The van der Waals surface area contributed by atoms with Crippen LogP contribution in [0.2, 0.25) is 0 Å². The Bertz CT molecular complexity index is 517. The molecule has 0 aromatic heterocycles. The summed E-state index contributed by atoms with van der Waals surface area (Å²) >= 11 is 3.36. The molecule has 0 fully saturated rings. The molecule has 1 rings (SSSR count). The van der Waals surface area contributed by atoms with Gasteiger partial charge in [-0.15, -0.1) is 0 Å². The highest BCUT2D eigenvalue weighted by atomic mass is 79.9. The molecule has 6 heteroatoms. The fraction of sp³-hybridized carbons (Fsp3) is 0.538. The Hall–Kier alpha value is -0.430. The average Bonchev–Trinajstić information content (AvgIpc) is 2.36. The van der Waals surface area contributed by atoms with Crippen molar-refractivity contribution in [1.82, 2.24) is 9.62 Å². The van der Waals surface area contributed by atoms with Gasteiger partial charge in [0.2, 0.25) is 10.0 Å². The summed E-state index contributed by atoms with van der Waals surface area (Å²) in [5, 5.41) is 3.21. The lowest BCUT2D eigenvalue weighted by Crippen LogP contribution is -2.28. The molecule has 0 aliphatic carbocycles. The zero-order valence-electron chi connectivity index (χ0n) is 11.6. The van der Waals surface area contributed by atoms with E-state index in [1.807, 2.05) is 26.0 Å². The summed E-state index contributed by atoms with van der Waals surface area (Å²) in [4.78, 5) is 0.323. The predicted octanol–water partition coefficient (Wildman–Crippen LogP) is 2.59. The Morgan fingerprint density at radius 3 is 2.53 bits per heavy atom. The van der Waals surface area contributed by atoms with Crippen LogP contribution in [-0.2, 0) is 16.6 Å². The average molecular weight is 349 g/mol. The van der Waals surface area contributed by atoms with E-state index < -0.39 is 10.0 Å². The summed E-state index contributed by atoms with van der Waals surface area (Å²) in [6, 6.07) is 5.37. The molecule has 0 bridgehead atoms. The van der Waals surface area contributed by atoms with E-state index in [0.717, 1.165) is 25.1 Å². The second-order valence-corrected chi connectivity index (χ2v) is 7.24. The van der Waals surface area contributed by atoms with Gasteiger partial charge < -0.3 is 5.32 Å². The zero-order chi connectivity index (χ0) is 14.5. The highest BCUT2D eigenvalue weighted by molar-refractivity contribution is 9.10. The molecule has 0 saturated carbocycles. The van der Waals surface area contributed by atoms with Crippen LogP contribution in [0.3, 0.4) is 0 Å².